The Balaban J connectivity index is 1.21. The SMILES string of the molecule is CCOC(=O)C(CNC(=O)CCCCc1ccc2c(n1)N(C(=O)OC(C)(C)C)CCC2)NC(=O)C1CN(Sc2cccc(S(C)(=O)=O)c2)C1. The van der Waals surface area contributed by atoms with Gasteiger partial charge in [0, 0.05) is 49.4 Å². The molecule has 3 amide bonds. The van der Waals surface area contributed by atoms with Crippen molar-refractivity contribution < 1.29 is 37.1 Å². The predicted octanol–water partition coefficient (Wildman–Crippen LogP) is 3.69. The molecule has 1 fully saturated rings. The molecule has 13 nitrogen and oxygen atoms in total. The van der Waals surface area contributed by atoms with Crippen LogP contribution in [0.1, 0.15) is 64.6 Å². The average Bonchev–Trinajstić information content (AvgIpc) is 3.01. The molecule has 268 valence electrons. The molecular weight excluding hydrogens is 671 g/mol. The molecule has 0 aliphatic carbocycles. The molecule has 0 saturated carbocycles. The fraction of sp³-hybridized carbons (Fsp3) is 0.559. The van der Waals surface area contributed by atoms with E-state index in [-0.39, 0.29) is 42.2 Å². The van der Waals surface area contributed by atoms with Crippen molar-refractivity contribution in [3.63, 3.8) is 0 Å². The first-order valence-electron chi connectivity index (χ1n) is 16.6. The standard InChI is InChI=1S/C34H47N5O8S2/c1-6-46-32(42)28(37-31(41)24-21-38(22-24)48-26-13-9-14-27(19-26)49(5,44)45)20-35-29(40)15-8-7-12-25-17-16-23-11-10-18-39(30(23)36-25)33(43)47-34(2,3)4/h9,13-14,16-17,19,24,28H,6-8,10-12,15,18,20-22H2,1-5H3,(H,35,40)(H,37,41). The van der Waals surface area contributed by atoms with Crippen LogP contribution in [0.25, 0.3) is 0 Å². The minimum atomic E-state index is -3.33. The maximum absolute atomic E-state index is 12.9. The van der Waals surface area contributed by atoms with Crippen molar-refractivity contribution in [3.05, 3.63) is 47.7 Å². The number of carbonyl (C=O) groups is 4. The summed E-state index contributed by atoms with van der Waals surface area (Å²) in [6, 6.07) is 9.55. The molecule has 2 aromatic rings. The first-order chi connectivity index (χ1) is 23.1. The summed E-state index contributed by atoms with van der Waals surface area (Å²) in [5, 5.41) is 5.47. The maximum atomic E-state index is 12.9. The third-order valence-electron chi connectivity index (χ3n) is 7.88. The van der Waals surface area contributed by atoms with E-state index < -0.39 is 33.5 Å². The van der Waals surface area contributed by atoms with Gasteiger partial charge >= 0.3 is 12.1 Å². The van der Waals surface area contributed by atoms with E-state index in [2.05, 4.69) is 10.6 Å². The summed E-state index contributed by atoms with van der Waals surface area (Å²) < 4.78 is 36.4. The van der Waals surface area contributed by atoms with Crippen LogP contribution in [-0.4, -0.2) is 92.3 Å². The number of sulfone groups is 1. The molecule has 0 radical (unpaired) electrons. The Kier molecular flexibility index (Phi) is 13.1. The molecule has 15 heteroatoms. The molecule has 3 heterocycles. The van der Waals surface area contributed by atoms with Crippen LogP contribution in [0.4, 0.5) is 10.6 Å². The van der Waals surface area contributed by atoms with Gasteiger partial charge in [0.15, 0.2) is 9.84 Å². The van der Waals surface area contributed by atoms with Crippen LogP contribution < -0.4 is 15.5 Å². The van der Waals surface area contributed by atoms with E-state index in [4.69, 9.17) is 14.5 Å². The van der Waals surface area contributed by atoms with E-state index in [0.717, 1.165) is 35.3 Å². The highest BCUT2D eigenvalue weighted by Crippen LogP contribution is 2.32. The molecular formula is C34H47N5O8S2. The molecule has 1 atom stereocenters. The van der Waals surface area contributed by atoms with Crippen LogP contribution in [0.3, 0.4) is 0 Å². The number of nitrogens with one attached hydrogen (secondary N) is 2. The van der Waals surface area contributed by atoms with Gasteiger partial charge in [-0.3, -0.25) is 14.5 Å². The van der Waals surface area contributed by atoms with Gasteiger partial charge in [0.25, 0.3) is 0 Å². The van der Waals surface area contributed by atoms with Gasteiger partial charge in [0.05, 0.1) is 17.4 Å². The number of hydrogen-bond acceptors (Lipinski definition) is 11. The monoisotopic (exact) mass is 717 g/mol. The van der Waals surface area contributed by atoms with Crippen LogP contribution in [0.5, 0.6) is 0 Å². The third kappa shape index (κ3) is 11.4. The van der Waals surface area contributed by atoms with E-state index in [0.29, 0.717) is 44.7 Å². The van der Waals surface area contributed by atoms with Gasteiger partial charge < -0.3 is 20.1 Å². The van der Waals surface area contributed by atoms with Gasteiger partial charge in [-0.1, -0.05) is 12.1 Å². The highest BCUT2D eigenvalue weighted by atomic mass is 32.2. The van der Waals surface area contributed by atoms with Crippen molar-refractivity contribution in [2.45, 2.75) is 87.7 Å². The largest absolute Gasteiger partial charge is 0.464 e. The van der Waals surface area contributed by atoms with E-state index in [1.807, 2.05) is 37.2 Å². The fourth-order valence-electron chi connectivity index (χ4n) is 5.32. The summed E-state index contributed by atoms with van der Waals surface area (Å²) in [5.41, 5.74) is 1.23. The number of amides is 3. The lowest BCUT2D eigenvalue weighted by molar-refractivity contribution is -0.148. The first-order valence-corrected chi connectivity index (χ1v) is 19.3. The Morgan fingerprint density at radius 2 is 1.86 bits per heavy atom. The molecule has 2 aliphatic heterocycles. The Morgan fingerprint density at radius 3 is 2.55 bits per heavy atom. The van der Waals surface area contributed by atoms with Crippen LogP contribution in [0.15, 0.2) is 46.2 Å². The molecule has 49 heavy (non-hydrogen) atoms. The van der Waals surface area contributed by atoms with Crippen molar-refractivity contribution in [2.75, 3.05) is 43.9 Å². The molecule has 0 spiro atoms. The number of esters is 1. The number of nitrogens with zero attached hydrogens (tertiary/aromatic N) is 3. The molecule has 4 rings (SSSR count). The highest BCUT2D eigenvalue weighted by Gasteiger charge is 2.36. The Hall–Kier alpha value is -3.69. The molecule has 1 saturated heterocycles. The molecule has 1 aromatic carbocycles. The van der Waals surface area contributed by atoms with Gasteiger partial charge in [-0.05, 0) is 102 Å². The number of rotatable bonds is 14. The molecule has 1 unspecified atom stereocenters. The quantitative estimate of drug-likeness (QED) is 0.166. The second kappa shape index (κ2) is 16.8. The number of aryl methyl sites for hydroxylation is 2. The van der Waals surface area contributed by atoms with Crippen molar-refractivity contribution in [1.82, 2.24) is 19.9 Å². The Bertz CT molecular complexity index is 1620. The molecule has 2 N–H and O–H groups in total. The van der Waals surface area contributed by atoms with Crippen LogP contribution in [0.2, 0.25) is 0 Å². The van der Waals surface area contributed by atoms with Crippen molar-refractivity contribution in [2.24, 2.45) is 5.92 Å². The lowest BCUT2D eigenvalue weighted by atomic mass is 10.0. The van der Waals surface area contributed by atoms with Gasteiger partial charge in [0.1, 0.15) is 17.5 Å². The smallest absolute Gasteiger partial charge is 0.416 e. The number of unbranched alkanes of at least 4 members (excludes halogenated alkanes) is 1. The van der Waals surface area contributed by atoms with Crippen molar-refractivity contribution in [1.29, 1.82) is 0 Å². The molecule has 2 aliphatic rings. The number of anilines is 1. The Morgan fingerprint density at radius 1 is 1.10 bits per heavy atom. The summed E-state index contributed by atoms with van der Waals surface area (Å²) in [6.07, 6.45) is 4.57. The number of benzene rings is 1. The van der Waals surface area contributed by atoms with Crippen LogP contribution in [0, 0.1) is 5.92 Å². The summed E-state index contributed by atoms with van der Waals surface area (Å²) in [6.45, 7) is 8.58. The van der Waals surface area contributed by atoms with E-state index >= 15 is 0 Å². The van der Waals surface area contributed by atoms with E-state index in [1.165, 1.54) is 18.0 Å². The van der Waals surface area contributed by atoms with Crippen LogP contribution in [-0.2, 0) is 46.5 Å². The molecule has 0 bridgehead atoms. The zero-order valence-electron chi connectivity index (χ0n) is 28.8. The lowest BCUT2D eigenvalue weighted by Crippen LogP contribution is -2.56. The summed E-state index contributed by atoms with van der Waals surface area (Å²) in [5.74, 6) is -0.933. The normalized spacial score (nSPS) is 15.8. The second-order valence-electron chi connectivity index (χ2n) is 13.2. The number of pyridine rings is 1. The zero-order chi connectivity index (χ0) is 35.8. The molecule has 1 aromatic heterocycles. The third-order valence-corrected chi connectivity index (χ3v) is 10.0. The summed E-state index contributed by atoms with van der Waals surface area (Å²) >= 11 is 1.36. The number of ether oxygens (including phenoxy) is 2. The summed E-state index contributed by atoms with van der Waals surface area (Å²) in [4.78, 5) is 58.3. The number of aromatic nitrogens is 1. The van der Waals surface area contributed by atoms with Gasteiger partial charge in [-0.2, -0.15) is 0 Å². The fourth-order valence-corrected chi connectivity index (χ4v) is 7.19. The number of carbonyl (C=O) groups excluding carboxylic acids is 4. The van der Waals surface area contributed by atoms with Crippen LogP contribution >= 0.6 is 11.9 Å². The number of fused-ring (bicyclic) bond motifs is 1. The zero-order valence-corrected chi connectivity index (χ0v) is 30.5. The highest BCUT2D eigenvalue weighted by molar-refractivity contribution is 7.97. The first kappa shape index (κ1) is 38.1. The topological polar surface area (TPSA) is 164 Å². The van der Waals surface area contributed by atoms with Gasteiger partial charge in [-0.15, -0.1) is 0 Å². The maximum Gasteiger partial charge on any atom is 0.416 e. The Labute approximate surface area is 292 Å². The van der Waals surface area contributed by atoms with Crippen molar-refractivity contribution >= 4 is 51.5 Å². The lowest BCUT2D eigenvalue weighted by Gasteiger charge is -2.37. The minimum absolute atomic E-state index is 0.0975. The van der Waals surface area contributed by atoms with Gasteiger partial charge in [0.2, 0.25) is 11.8 Å². The average molecular weight is 718 g/mol. The second-order valence-corrected chi connectivity index (χ2v) is 16.4. The predicted molar refractivity (Wildman–Crippen MR) is 186 cm³/mol. The van der Waals surface area contributed by atoms with E-state index in [1.54, 1.807) is 30.0 Å². The minimum Gasteiger partial charge on any atom is -0.464 e. The number of hydrogen-bond donors (Lipinski definition) is 2. The summed E-state index contributed by atoms with van der Waals surface area (Å²) in [7, 11) is -3.33. The van der Waals surface area contributed by atoms with Crippen molar-refractivity contribution in [3.8, 4) is 0 Å². The van der Waals surface area contributed by atoms with Gasteiger partial charge in [-0.25, -0.2) is 27.3 Å². The van der Waals surface area contributed by atoms with E-state index in [9.17, 15) is 27.6 Å².